The van der Waals surface area contributed by atoms with Crippen molar-refractivity contribution in [2.24, 2.45) is 5.73 Å². The fourth-order valence-corrected chi connectivity index (χ4v) is 1.07. The molecule has 16 heavy (non-hydrogen) atoms. The molecule has 2 N–H and O–H groups in total. The van der Waals surface area contributed by atoms with Crippen molar-refractivity contribution < 1.29 is 18.0 Å². The first kappa shape index (κ1) is 12.5. The monoisotopic (exact) mass is 232 g/mol. The maximum absolute atomic E-state index is 12.7. The topological polar surface area (TPSA) is 56.0 Å². The lowest BCUT2D eigenvalue weighted by molar-refractivity contribution is -0.181. The summed E-state index contributed by atoms with van der Waals surface area (Å²) in [4.78, 5) is 14.5. The molecule has 0 saturated heterocycles. The number of alkyl halides is 3. The number of hydrogen-bond acceptors (Lipinski definition) is 2. The molecule has 0 unspecified atom stereocenters. The molecule has 0 aliphatic carbocycles. The van der Waals surface area contributed by atoms with Crippen LogP contribution in [0.15, 0.2) is 18.3 Å². The van der Waals surface area contributed by atoms with Crippen LogP contribution in [0.25, 0.3) is 0 Å². The van der Waals surface area contributed by atoms with E-state index in [4.69, 9.17) is 5.73 Å². The average molecular weight is 232 g/mol. The minimum atomic E-state index is -4.43. The molecule has 0 spiro atoms. The number of amides is 1. The molecule has 0 aliphatic rings. The van der Waals surface area contributed by atoms with E-state index in [9.17, 15) is 18.0 Å². The first-order valence-electron chi connectivity index (χ1n) is 4.49. The predicted molar refractivity (Wildman–Crippen MR) is 51.8 cm³/mol. The first-order valence-corrected chi connectivity index (χ1v) is 4.49. The van der Waals surface area contributed by atoms with E-state index in [0.29, 0.717) is 0 Å². The Morgan fingerprint density at radius 3 is 2.38 bits per heavy atom. The molecule has 1 heterocycles. The third-order valence-electron chi connectivity index (χ3n) is 2.39. The van der Waals surface area contributed by atoms with Crippen molar-refractivity contribution in [2.75, 3.05) is 0 Å². The second-order valence-electron chi connectivity index (χ2n) is 3.92. The number of rotatable bonds is 2. The van der Waals surface area contributed by atoms with Crippen molar-refractivity contribution in [1.82, 2.24) is 4.98 Å². The predicted octanol–water partition coefficient (Wildman–Crippen LogP) is 2.02. The number of pyridine rings is 1. The van der Waals surface area contributed by atoms with Crippen LogP contribution in [0, 0.1) is 0 Å². The van der Waals surface area contributed by atoms with Gasteiger partial charge in [-0.3, -0.25) is 9.78 Å². The Hall–Kier alpha value is -1.59. The number of nitrogens with two attached hydrogens (primary N) is 1. The van der Waals surface area contributed by atoms with E-state index in [1.165, 1.54) is 6.07 Å². The molecule has 0 aliphatic heterocycles. The van der Waals surface area contributed by atoms with Crippen molar-refractivity contribution in [1.29, 1.82) is 0 Å². The number of carbonyl (C=O) groups excluding carboxylic acids is 1. The lowest BCUT2D eigenvalue weighted by atomic mass is 9.87. The van der Waals surface area contributed by atoms with Gasteiger partial charge in [0.25, 0.3) is 0 Å². The zero-order valence-electron chi connectivity index (χ0n) is 8.80. The molecular formula is C10H11F3N2O. The highest BCUT2D eigenvalue weighted by molar-refractivity contribution is 5.92. The fraction of sp³-hybridized carbons (Fsp3) is 0.400. The molecule has 0 radical (unpaired) electrons. The summed E-state index contributed by atoms with van der Waals surface area (Å²) in [5, 5.41) is 0. The van der Waals surface area contributed by atoms with Crippen LogP contribution in [0.2, 0.25) is 0 Å². The van der Waals surface area contributed by atoms with Crippen LogP contribution < -0.4 is 5.73 Å². The van der Waals surface area contributed by atoms with Crippen LogP contribution in [0.4, 0.5) is 13.2 Å². The van der Waals surface area contributed by atoms with E-state index < -0.39 is 17.5 Å². The summed E-state index contributed by atoms with van der Waals surface area (Å²) in [6.07, 6.45) is -3.29. The van der Waals surface area contributed by atoms with Crippen molar-refractivity contribution >= 4 is 5.91 Å². The highest BCUT2D eigenvalue weighted by atomic mass is 19.4. The number of halogens is 3. The van der Waals surface area contributed by atoms with E-state index in [2.05, 4.69) is 4.98 Å². The summed E-state index contributed by atoms with van der Waals surface area (Å²) in [6, 6.07) is 2.34. The molecule has 0 saturated carbocycles. The molecule has 1 aromatic heterocycles. The van der Waals surface area contributed by atoms with Crippen LogP contribution in [0.1, 0.15) is 29.9 Å². The van der Waals surface area contributed by atoms with Gasteiger partial charge < -0.3 is 5.73 Å². The fourth-order valence-electron chi connectivity index (χ4n) is 1.07. The lowest BCUT2D eigenvalue weighted by Gasteiger charge is -2.27. The molecule has 1 aromatic rings. The molecule has 1 rings (SSSR count). The second kappa shape index (κ2) is 3.77. The molecular weight excluding hydrogens is 221 g/mol. The van der Waals surface area contributed by atoms with Crippen LogP contribution in [0.3, 0.4) is 0 Å². The van der Waals surface area contributed by atoms with Gasteiger partial charge in [-0.15, -0.1) is 0 Å². The van der Waals surface area contributed by atoms with Gasteiger partial charge >= 0.3 is 6.18 Å². The molecule has 3 nitrogen and oxygen atoms in total. The van der Waals surface area contributed by atoms with Gasteiger partial charge in [-0.1, -0.05) is 0 Å². The largest absolute Gasteiger partial charge is 0.399 e. The molecule has 0 aromatic carbocycles. The third kappa shape index (κ3) is 2.15. The molecule has 0 atom stereocenters. The summed E-state index contributed by atoms with van der Waals surface area (Å²) >= 11 is 0. The Labute approximate surface area is 90.5 Å². The number of hydrogen-bond donors (Lipinski definition) is 1. The van der Waals surface area contributed by atoms with Gasteiger partial charge in [-0.25, -0.2) is 0 Å². The molecule has 0 bridgehead atoms. The normalized spacial score (nSPS) is 12.6. The average Bonchev–Trinajstić information content (AvgIpc) is 2.16. The Morgan fingerprint density at radius 2 is 1.94 bits per heavy atom. The minimum Gasteiger partial charge on any atom is -0.366 e. The summed E-state index contributed by atoms with van der Waals surface area (Å²) < 4.78 is 38.1. The maximum atomic E-state index is 12.7. The van der Waals surface area contributed by atoms with Crippen molar-refractivity contribution in [3.05, 3.63) is 29.6 Å². The van der Waals surface area contributed by atoms with Gasteiger partial charge in [0, 0.05) is 11.8 Å². The van der Waals surface area contributed by atoms with E-state index in [-0.39, 0.29) is 11.3 Å². The Morgan fingerprint density at radius 1 is 1.38 bits per heavy atom. The van der Waals surface area contributed by atoms with E-state index >= 15 is 0 Å². The summed E-state index contributed by atoms with van der Waals surface area (Å²) in [7, 11) is 0. The van der Waals surface area contributed by atoms with Gasteiger partial charge in [0.15, 0.2) is 0 Å². The molecule has 1 amide bonds. The van der Waals surface area contributed by atoms with Gasteiger partial charge in [-0.05, 0) is 26.0 Å². The highest BCUT2D eigenvalue weighted by Gasteiger charge is 2.49. The third-order valence-corrected chi connectivity index (χ3v) is 2.39. The smallest absolute Gasteiger partial charge is 0.366 e. The Bertz CT molecular complexity index is 413. The number of aromatic nitrogens is 1. The van der Waals surface area contributed by atoms with Crippen molar-refractivity contribution in [3.8, 4) is 0 Å². The number of carbonyl (C=O) groups is 1. The molecule has 6 heteroatoms. The zero-order chi connectivity index (χ0) is 12.6. The SMILES string of the molecule is CC(C)(c1cc(C(N)=O)ccn1)C(F)(F)F. The lowest BCUT2D eigenvalue weighted by Crippen LogP contribution is -2.37. The van der Waals surface area contributed by atoms with Gasteiger partial charge in [0.1, 0.15) is 5.41 Å². The Balaban J connectivity index is 3.24. The van der Waals surface area contributed by atoms with Crippen LogP contribution in [-0.2, 0) is 5.41 Å². The number of nitrogens with zero attached hydrogens (tertiary/aromatic N) is 1. The van der Waals surface area contributed by atoms with Crippen LogP contribution in [-0.4, -0.2) is 17.1 Å². The summed E-state index contributed by atoms with van der Waals surface area (Å²) in [5.74, 6) is -0.776. The summed E-state index contributed by atoms with van der Waals surface area (Å²) in [5.41, 5.74) is 2.66. The summed E-state index contributed by atoms with van der Waals surface area (Å²) in [6.45, 7) is 2.00. The van der Waals surface area contributed by atoms with E-state index in [0.717, 1.165) is 26.1 Å². The quantitative estimate of drug-likeness (QED) is 0.848. The molecule has 0 fully saturated rings. The number of primary amides is 1. The Kier molecular flexibility index (Phi) is 2.94. The minimum absolute atomic E-state index is 0.0160. The zero-order valence-corrected chi connectivity index (χ0v) is 8.80. The van der Waals surface area contributed by atoms with Gasteiger partial charge in [0.2, 0.25) is 5.91 Å². The molecule has 88 valence electrons. The second-order valence-corrected chi connectivity index (χ2v) is 3.92. The van der Waals surface area contributed by atoms with Crippen LogP contribution in [0.5, 0.6) is 0 Å². The highest BCUT2D eigenvalue weighted by Crippen LogP contribution is 2.39. The van der Waals surface area contributed by atoms with Crippen LogP contribution >= 0.6 is 0 Å². The van der Waals surface area contributed by atoms with Crippen molar-refractivity contribution in [3.63, 3.8) is 0 Å². The van der Waals surface area contributed by atoms with Crippen molar-refractivity contribution in [2.45, 2.75) is 25.4 Å². The standard InChI is InChI=1S/C10H11F3N2O/c1-9(2,10(11,12)13)7-5-6(8(14)16)3-4-15-7/h3-5H,1-2H3,(H2,14,16). The van der Waals surface area contributed by atoms with E-state index in [1.54, 1.807) is 0 Å². The van der Waals surface area contributed by atoms with E-state index in [1.807, 2.05) is 0 Å². The maximum Gasteiger partial charge on any atom is 0.399 e. The van der Waals surface area contributed by atoms with Gasteiger partial charge in [-0.2, -0.15) is 13.2 Å². The first-order chi connectivity index (χ1) is 7.16. The van der Waals surface area contributed by atoms with Gasteiger partial charge in [0.05, 0.1) is 5.69 Å².